The Hall–Kier alpha value is -2.67. The van der Waals surface area contributed by atoms with Crippen molar-refractivity contribution in [2.45, 2.75) is 25.3 Å². The van der Waals surface area contributed by atoms with Crippen molar-refractivity contribution in [2.75, 3.05) is 26.7 Å². The van der Waals surface area contributed by atoms with E-state index < -0.39 is 5.97 Å². The predicted octanol–water partition coefficient (Wildman–Crippen LogP) is 2.09. The quantitative estimate of drug-likeness (QED) is 0.856. The second-order valence-electron chi connectivity index (χ2n) is 6.71. The Kier molecular flexibility index (Phi) is 5.68. The van der Waals surface area contributed by atoms with E-state index in [0.29, 0.717) is 18.7 Å². The number of nitrogens with one attached hydrogen (secondary N) is 1. The van der Waals surface area contributed by atoms with Crippen LogP contribution in [-0.2, 0) is 4.79 Å². The number of carbonyl (C=O) groups excluding carboxylic acids is 1. The van der Waals surface area contributed by atoms with Crippen molar-refractivity contribution in [2.24, 2.45) is 0 Å². The second-order valence-corrected chi connectivity index (χ2v) is 6.71. The zero-order chi connectivity index (χ0) is 18.5. The Labute approximate surface area is 152 Å². The summed E-state index contributed by atoms with van der Waals surface area (Å²) in [5.74, 6) is -0.852. The number of nitrogens with zero attached hydrogens (tertiary/aromatic N) is 3. The van der Waals surface area contributed by atoms with E-state index in [9.17, 15) is 9.59 Å². The van der Waals surface area contributed by atoms with Crippen LogP contribution in [0.3, 0.4) is 0 Å². The van der Waals surface area contributed by atoms with Gasteiger partial charge in [0.15, 0.2) is 0 Å². The Morgan fingerprint density at radius 2 is 2.04 bits per heavy atom. The van der Waals surface area contributed by atoms with Gasteiger partial charge in [-0.15, -0.1) is 0 Å². The number of aliphatic carboxylic acids is 1. The van der Waals surface area contributed by atoms with Crippen LogP contribution in [0.1, 0.15) is 29.6 Å². The van der Waals surface area contributed by atoms with Gasteiger partial charge in [-0.25, -0.2) is 0 Å². The maximum Gasteiger partial charge on any atom is 0.317 e. The van der Waals surface area contributed by atoms with Gasteiger partial charge >= 0.3 is 5.97 Å². The Balaban J connectivity index is 1.70. The van der Waals surface area contributed by atoms with Gasteiger partial charge in [-0.05, 0) is 26.3 Å². The summed E-state index contributed by atoms with van der Waals surface area (Å²) in [6, 6.07) is 9.87. The molecule has 2 aromatic rings. The molecule has 0 saturated carbocycles. The first-order valence-corrected chi connectivity index (χ1v) is 8.86. The molecule has 0 bridgehead atoms. The highest BCUT2D eigenvalue weighted by Crippen LogP contribution is 2.24. The molecule has 7 heteroatoms. The summed E-state index contributed by atoms with van der Waals surface area (Å²) >= 11 is 0. The number of carboxylic acids is 1. The molecular weight excluding hydrogens is 332 g/mol. The maximum atomic E-state index is 13.0. The lowest BCUT2D eigenvalue weighted by Crippen LogP contribution is -2.37. The Morgan fingerprint density at radius 1 is 1.27 bits per heavy atom. The molecule has 1 fully saturated rings. The van der Waals surface area contributed by atoms with Gasteiger partial charge in [-0.1, -0.05) is 30.3 Å². The number of aromatic nitrogens is 2. The van der Waals surface area contributed by atoms with Gasteiger partial charge in [0.1, 0.15) is 0 Å². The molecule has 0 aliphatic carbocycles. The standard InChI is InChI=1S/C19H24N4O3/c1-22(13-17(24)25)15-8-5-10-23(11-9-15)19(26)16-12-20-21-18(16)14-6-3-2-4-7-14/h2-4,6-7,12,15H,5,8-11,13H2,1H3,(H,20,21)(H,24,25). The van der Waals surface area contributed by atoms with Crippen LogP contribution in [0.5, 0.6) is 0 Å². The molecule has 2 heterocycles. The zero-order valence-electron chi connectivity index (χ0n) is 14.9. The minimum atomic E-state index is -0.824. The molecule has 1 aromatic carbocycles. The summed E-state index contributed by atoms with van der Waals surface area (Å²) in [6.07, 6.45) is 4.11. The molecule has 0 spiro atoms. The first kappa shape index (κ1) is 18.1. The Morgan fingerprint density at radius 3 is 2.77 bits per heavy atom. The number of likely N-dealkylation sites (N-methyl/N-ethyl adjacent to an activating group) is 1. The third-order valence-corrected chi connectivity index (χ3v) is 4.93. The lowest BCUT2D eigenvalue weighted by molar-refractivity contribution is -0.138. The van der Waals surface area contributed by atoms with Crippen LogP contribution in [0.4, 0.5) is 0 Å². The first-order valence-electron chi connectivity index (χ1n) is 8.86. The average Bonchev–Trinajstić information content (AvgIpc) is 2.98. The van der Waals surface area contributed by atoms with E-state index in [-0.39, 0.29) is 18.5 Å². The number of carboxylic acid groups (broad SMARTS) is 1. The average molecular weight is 356 g/mol. The van der Waals surface area contributed by atoms with Gasteiger partial charge in [-0.3, -0.25) is 19.6 Å². The number of hydrogen-bond acceptors (Lipinski definition) is 4. The number of hydrogen-bond donors (Lipinski definition) is 2. The summed E-state index contributed by atoms with van der Waals surface area (Å²) in [5, 5.41) is 16.0. The van der Waals surface area contributed by atoms with Crippen molar-refractivity contribution in [1.82, 2.24) is 20.0 Å². The van der Waals surface area contributed by atoms with Crippen LogP contribution in [0, 0.1) is 0 Å². The van der Waals surface area contributed by atoms with E-state index in [0.717, 1.165) is 30.5 Å². The minimum absolute atomic E-state index is 0.0263. The first-order chi connectivity index (χ1) is 12.6. The van der Waals surface area contributed by atoms with Gasteiger partial charge in [0.05, 0.1) is 24.0 Å². The van der Waals surface area contributed by atoms with Gasteiger partial charge in [0, 0.05) is 24.7 Å². The lowest BCUT2D eigenvalue weighted by Gasteiger charge is -2.25. The third-order valence-electron chi connectivity index (χ3n) is 4.93. The lowest BCUT2D eigenvalue weighted by atomic mass is 10.1. The minimum Gasteiger partial charge on any atom is -0.480 e. The molecule has 0 radical (unpaired) electrons. The van der Waals surface area contributed by atoms with Gasteiger partial charge < -0.3 is 10.0 Å². The topological polar surface area (TPSA) is 89.5 Å². The normalized spacial score (nSPS) is 17.9. The van der Waals surface area contributed by atoms with E-state index in [1.54, 1.807) is 6.20 Å². The molecule has 7 nitrogen and oxygen atoms in total. The summed E-state index contributed by atoms with van der Waals surface area (Å²) < 4.78 is 0. The van der Waals surface area contributed by atoms with Crippen LogP contribution >= 0.6 is 0 Å². The molecule has 1 aliphatic heterocycles. The van der Waals surface area contributed by atoms with E-state index in [1.165, 1.54) is 0 Å². The highest BCUT2D eigenvalue weighted by Gasteiger charge is 2.26. The molecule has 3 rings (SSSR count). The van der Waals surface area contributed by atoms with Gasteiger partial charge in [0.2, 0.25) is 0 Å². The number of carbonyl (C=O) groups is 2. The van der Waals surface area contributed by atoms with E-state index in [4.69, 9.17) is 5.11 Å². The maximum absolute atomic E-state index is 13.0. The number of aromatic amines is 1. The molecule has 138 valence electrons. The van der Waals surface area contributed by atoms with Crippen molar-refractivity contribution < 1.29 is 14.7 Å². The van der Waals surface area contributed by atoms with Crippen molar-refractivity contribution in [3.8, 4) is 11.3 Å². The number of likely N-dealkylation sites (tertiary alicyclic amines) is 1. The van der Waals surface area contributed by atoms with Gasteiger partial charge in [0.25, 0.3) is 5.91 Å². The van der Waals surface area contributed by atoms with E-state index >= 15 is 0 Å². The zero-order valence-corrected chi connectivity index (χ0v) is 14.9. The van der Waals surface area contributed by atoms with Crippen molar-refractivity contribution in [3.05, 3.63) is 42.1 Å². The number of H-pyrrole nitrogens is 1. The van der Waals surface area contributed by atoms with Crippen LogP contribution in [0.15, 0.2) is 36.5 Å². The largest absolute Gasteiger partial charge is 0.480 e. The van der Waals surface area contributed by atoms with Crippen LogP contribution < -0.4 is 0 Å². The SMILES string of the molecule is CN(CC(=O)O)C1CCCN(C(=O)c2cn[nH]c2-c2ccccc2)CC1. The smallest absolute Gasteiger partial charge is 0.317 e. The van der Waals surface area contributed by atoms with Crippen molar-refractivity contribution in [3.63, 3.8) is 0 Å². The summed E-state index contributed by atoms with van der Waals surface area (Å²) in [4.78, 5) is 27.7. The molecule has 1 saturated heterocycles. The highest BCUT2D eigenvalue weighted by atomic mass is 16.4. The Bertz CT molecular complexity index is 759. The molecule has 1 atom stereocenters. The highest BCUT2D eigenvalue weighted by molar-refractivity contribution is 5.99. The van der Waals surface area contributed by atoms with Crippen molar-refractivity contribution in [1.29, 1.82) is 0 Å². The molecule has 1 amide bonds. The predicted molar refractivity (Wildman–Crippen MR) is 97.8 cm³/mol. The number of rotatable bonds is 5. The van der Waals surface area contributed by atoms with E-state index in [2.05, 4.69) is 10.2 Å². The molecule has 2 N–H and O–H groups in total. The van der Waals surface area contributed by atoms with Crippen molar-refractivity contribution >= 4 is 11.9 Å². The second kappa shape index (κ2) is 8.14. The van der Waals surface area contributed by atoms with E-state index in [1.807, 2.05) is 47.2 Å². The number of amides is 1. The monoisotopic (exact) mass is 356 g/mol. The molecular formula is C19H24N4O3. The fraction of sp³-hybridized carbons (Fsp3) is 0.421. The fourth-order valence-electron chi connectivity index (χ4n) is 3.51. The number of benzene rings is 1. The molecule has 1 unspecified atom stereocenters. The van der Waals surface area contributed by atoms with Gasteiger partial charge in [-0.2, -0.15) is 5.10 Å². The van der Waals surface area contributed by atoms with Crippen LogP contribution in [0.25, 0.3) is 11.3 Å². The summed E-state index contributed by atoms with van der Waals surface area (Å²) in [7, 11) is 1.83. The summed E-state index contributed by atoms with van der Waals surface area (Å²) in [5.41, 5.74) is 2.25. The molecule has 1 aromatic heterocycles. The van der Waals surface area contributed by atoms with Crippen LogP contribution in [0.2, 0.25) is 0 Å². The third kappa shape index (κ3) is 4.11. The van der Waals surface area contributed by atoms with Crippen LogP contribution in [-0.4, -0.2) is 69.7 Å². The fourth-order valence-corrected chi connectivity index (χ4v) is 3.51. The molecule has 1 aliphatic rings. The molecule has 26 heavy (non-hydrogen) atoms. The summed E-state index contributed by atoms with van der Waals surface area (Å²) in [6.45, 7) is 1.32.